The summed E-state index contributed by atoms with van der Waals surface area (Å²) in [4.78, 5) is 4.21. The van der Waals surface area contributed by atoms with Crippen molar-refractivity contribution in [2.45, 2.75) is 20.8 Å². The van der Waals surface area contributed by atoms with Crippen LogP contribution >= 0.6 is 0 Å². The fourth-order valence-corrected chi connectivity index (χ4v) is 1.62. The molecule has 0 aromatic heterocycles. The molecule has 0 spiro atoms. The van der Waals surface area contributed by atoms with Gasteiger partial charge in [-0.3, -0.25) is 4.99 Å². The van der Waals surface area contributed by atoms with Crippen molar-refractivity contribution < 1.29 is 0 Å². The van der Waals surface area contributed by atoms with Crippen LogP contribution in [0, 0.1) is 0 Å². The summed E-state index contributed by atoms with van der Waals surface area (Å²) in [5, 5.41) is 0. The third kappa shape index (κ3) is 1.89. The highest BCUT2D eigenvalue weighted by Crippen LogP contribution is 2.22. The minimum absolute atomic E-state index is 0.781. The molecule has 0 saturated heterocycles. The Balaban J connectivity index is 3.29. The van der Waals surface area contributed by atoms with Gasteiger partial charge in [0.05, 0.1) is 5.71 Å². The molecular formula is C11H16N2. The molecule has 0 atom stereocenters. The van der Waals surface area contributed by atoms with Gasteiger partial charge < -0.3 is 5.73 Å². The maximum Gasteiger partial charge on any atom is 0.0665 e. The minimum Gasteiger partial charge on any atom is -0.399 e. The zero-order valence-electron chi connectivity index (χ0n) is 8.68. The lowest BCUT2D eigenvalue weighted by molar-refractivity contribution is 1.25. The molecule has 0 aliphatic heterocycles. The van der Waals surface area contributed by atoms with Crippen LogP contribution in [0.1, 0.15) is 20.8 Å². The average Bonchev–Trinajstić information content (AvgIpc) is 2.01. The lowest BCUT2D eigenvalue weighted by atomic mass is 9.92. The molecule has 70 valence electrons. The summed E-state index contributed by atoms with van der Waals surface area (Å²) >= 11 is 0. The van der Waals surface area contributed by atoms with E-state index in [0.29, 0.717) is 0 Å². The predicted octanol–water partition coefficient (Wildman–Crippen LogP) is 2.20. The molecule has 1 rings (SSSR count). The minimum atomic E-state index is 0.781. The molecule has 0 aromatic carbocycles. The molecule has 2 N–H and O–H groups in total. The molecule has 0 heterocycles. The molecule has 0 amide bonds. The normalized spacial score (nSPS) is 20.0. The third-order valence-electron chi connectivity index (χ3n) is 2.08. The van der Waals surface area contributed by atoms with Gasteiger partial charge in [0, 0.05) is 18.3 Å². The van der Waals surface area contributed by atoms with E-state index in [2.05, 4.69) is 25.8 Å². The number of nitrogens with two attached hydrogens (primary N) is 1. The summed E-state index contributed by atoms with van der Waals surface area (Å²) in [7, 11) is 1.79. The maximum absolute atomic E-state index is 5.73. The van der Waals surface area contributed by atoms with E-state index in [9.17, 15) is 0 Å². The van der Waals surface area contributed by atoms with Crippen molar-refractivity contribution in [3.05, 3.63) is 34.6 Å². The summed E-state index contributed by atoms with van der Waals surface area (Å²) < 4.78 is 0. The van der Waals surface area contributed by atoms with Gasteiger partial charge in [-0.2, -0.15) is 0 Å². The van der Waals surface area contributed by atoms with Gasteiger partial charge in [0.15, 0.2) is 0 Å². The molecule has 0 fully saturated rings. The second-order valence-corrected chi connectivity index (χ2v) is 3.46. The Morgan fingerprint density at radius 1 is 1.31 bits per heavy atom. The predicted molar refractivity (Wildman–Crippen MR) is 57.8 cm³/mol. The van der Waals surface area contributed by atoms with E-state index in [-0.39, 0.29) is 0 Å². The van der Waals surface area contributed by atoms with E-state index < -0.39 is 0 Å². The van der Waals surface area contributed by atoms with Crippen molar-refractivity contribution in [3.63, 3.8) is 0 Å². The van der Waals surface area contributed by atoms with Crippen LogP contribution in [0.2, 0.25) is 0 Å². The number of aliphatic imine (C=N–C) groups is 1. The average molecular weight is 176 g/mol. The van der Waals surface area contributed by atoms with E-state index >= 15 is 0 Å². The van der Waals surface area contributed by atoms with E-state index in [1.165, 1.54) is 16.7 Å². The van der Waals surface area contributed by atoms with Crippen molar-refractivity contribution in [1.82, 2.24) is 0 Å². The van der Waals surface area contributed by atoms with Crippen LogP contribution in [0.15, 0.2) is 39.6 Å². The van der Waals surface area contributed by atoms with Crippen LogP contribution in [0.5, 0.6) is 0 Å². The van der Waals surface area contributed by atoms with Gasteiger partial charge >= 0.3 is 0 Å². The van der Waals surface area contributed by atoms with Crippen molar-refractivity contribution in [1.29, 1.82) is 0 Å². The maximum atomic E-state index is 5.73. The van der Waals surface area contributed by atoms with Crippen LogP contribution in [-0.4, -0.2) is 12.8 Å². The van der Waals surface area contributed by atoms with Crippen molar-refractivity contribution in [3.8, 4) is 0 Å². The molecule has 2 nitrogen and oxygen atoms in total. The van der Waals surface area contributed by atoms with Gasteiger partial charge in [0.1, 0.15) is 0 Å². The quantitative estimate of drug-likeness (QED) is 0.603. The number of nitrogens with zero attached hydrogens (tertiary/aromatic N) is 1. The van der Waals surface area contributed by atoms with Gasteiger partial charge in [-0.05, 0) is 38.5 Å². The van der Waals surface area contributed by atoms with Gasteiger partial charge in [0.25, 0.3) is 0 Å². The van der Waals surface area contributed by atoms with Gasteiger partial charge in [-0.15, -0.1) is 0 Å². The molecule has 2 heteroatoms. The van der Waals surface area contributed by atoms with E-state index in [0.717, 1.165) is 11.4 Å². The number of hydrogen-bond acceptors (Lipinski definition) is 2. The smallest absolute Gasteiger partial charge is 0.0665 e. The molecule has 0 radical (unpaired) electrons. The molecular weight excluding hydrogens is 160 g/mol. The Labute approximate surface area is 79.5 Å². The summed E-state index contributed by atoms with van der Waals surface area (Å²) in [5.74, 6) is 0. The van der Waals surface area contributed by atoms with Gasteiger partial charge in [-0.1, -0.05) is 5.57 Å². The van der Waals surface area contributed by atoms with Crippen molar-refractivity contribution in [2.24, 2.45) is 10.7 Å². The first-order valence-corrected chi connectivity index (χ1v) is 4.36. The topological polar surface area (TPSA) is 38.4 Å². The molecule has 0 saturated carbocycles. The highest BCUT2D eigenvalue weighted by molar-refractivity contribution is 6.13. The van der Waals surface area contributed by atoms with Crippen molar-refractivity contribution in [2.75, 3.05) is 7.05 Å². The lowest BCUT2D eigenvalue weighted by Gasteiger charge is -2.15. The molecule has 0 bridgehead atoms. The van der Waals surface area contributed by atoms with Crippen LogP contribution in [0.25, 0.3) is 0 Å². The van der Waals surface area contributed by atoms with Crippen LogP contribution in [-0.2, 0) is 0 Å². The molecule has 0 unspecified atom stereocenters. The van der Waals surface area contributed by atoms with Gasteiger partial charge in [-0.25, -0.2) is 0 Å². The second-order valence-electron chi connectivity index (χ2n) is 3.46. The first kappa shape index (κ1) is 9.78. The van der Waals surface area contributed by atoms with Gasteiger partial charge in [0.2, 0.25) is 0 Å². The van der Waals surface area contributed by atoms with E-state index in [1.807, 2.05) is 12.2 Å². The summed E-state index contributed by atoms with van der Waals surface area (Å²) in [5.41, 5.74) is 11.2. The number of rotatable bonds is 0. The highest BCUT2D eigenvalue weighted by Gasteiger charge is 2.12. The van der Waals surface area contributed by atoms with Crippen molar-refractivity contribution >= 4 is 5.71 Å². The fraction of sp³-hybridized carbons (Fsp3) is 0.364. The Morgan fingerprint density at radius 2 is 1.92 bits per heavy atom. The van der Waals surface area contributed by atoms with Crippen LogP contribution < -0.4 is 5.73 Å². The fourth-order valence-electron chi connectivity index (χ4n) is 1.62. The number of hydrogen-bond donors (Lipinski definition) is 1. The largest absolute Gasteiger partial charge is 0.399 e. The summed E-state index contributed by atoms with van der Waals surface area (Å²) in [6.45, 7) is 6.24. The van der Waals surface area contributed by atoms with Crippen LogP contribution in [0.3, 0.4) is 0 Å². The molecule has 1 aliphatic rings. The number of allylic oxidation sites excluding steroid dienone is 5. The Kier molecular flexibility index (Phi) is 2.71. The SMILES string of the molecule is C/N=C1\C=C(N)C=C(C)C1=C(C)C. The monoisotopic (exact) mass is 176 g/mol. The molecule has 1 aliphatic carbocycles. The summed E-state index contributed by atoms with van der Waals surface area (Å²) in [6.07, 6.45) is 3.90. The van der Waals surface area contributed by atoms with E-state index in [4.69, 9.17) is 5.73 Å². The lowest BCUT2D eigenvalue weighted by Crippen LogP contribution is -2.12. The zero-order valence-corrected chi connectivity index (χ0v) is 8.68. The van der Waals surface area contributed by atoms with E-state index in [1.54, 1.807) is 7.05 Å². The first-order valence-electron chi connectivity index (χ1n) is 4.36. The summed E-state index contributed by atoms with van der Waals surface area (Å²) in [6, 6.07) is 0. The molecule has 0 aromatic rings. The zero-order chi connectivity index (χ0) is 10.0. The first-order chi connectivity index (χ1) is 6.06. The Bertz CT molecular complexity index is 337. The standard InChI is InChI=1S/C11H16N2/c1-7(2)11-8(3)5-9(12)6-10(11)13-4/h5-6H,12H2,1-4H3/b13-10+. The highest BCUT2D eigenvalue weighted by atomic mass is 14.7. The molecule has 13 heavy (non-hydrogen) atoms. The third-order valence-corrected chi connectivity index (χ3v) is 2.08. The second kappa shape index (κ2) is 3.60. The Morgan fingerprint density at radius 3 is 2.38 bits per heavy atom. The van der Waals surface area contributed by atoms with Crippen LogP contribution in [0.4, 0.5) is 0 Å². The Hall–Kier alpha value is -1.31.